The van der Waals surface area contributed by atoms with Gasteiger partial charge in [-0.25, -0.2) is 0 Å². The zero-order valence-electron chi connectivity index (χ0n) is 13.3. The average Bonchev–Trinajstić information content (AvgIpc) is 3.01. The van der Waals surface area contributed by atoms with Crippen molar-refractivity contribution in [3.05, 3.63) is 65.7 Å². The van der Waals surface area contributed by atoms with Crippen LogP contribution in [-0.2, 0) is 14.3 Å². The molecule has 0 radical (unpaired) electrons. The Morgan fingerprint density at radius 3 is 2.29 bits per heavy atom. The van der Waals surface area contributed by atoms with Crippen LogP contribution in [0.4, 0.5) is 0 Å². The number of carbonyl (C=O) groups is 2. The maximum atomic E-state index is 11.9. The van der Waals surface area contributed by atoms with Crippen molar-refractivity contribution in [3.8, 4) is 5.75 Å². The SMILES string of the molecule is CC(=O)Oc1ccc(C2OC(c3ccccc3)=NN2C(C)=O)cc1. The third-order valence-electron chi connectivity index (χ3n) is 3.41. The minimum Gasteiger partial charge on any atom is -0.446 e. The first-order chi connectivity index (χ1) is 11.5. The number of hydrazone groups is 1. The van der Waals surface area contributed by atoms with Crippen molar-refractivity contribution in [3.63, 3.8) is 0 Å². The standard InChI is InChI=1S/C18H16N2O4/c1-12(21)20-18(15-8-10-16(11-9-15)23-13(2)22)24-17(19-20)14-6-4-3-5-7-14/h3-11,18H,1-2H3. The van der Waals surface area contributed by atoms with Gasteiger partial charge in [-0.2, -0.15) is 5.01 Å². The zero-order chi connectivity index (χ0) is 17.1. The molecule has 2 aromatic rings. The monoisotopic (exact) mass is 324 g/mol. The minimum atomic E-state index is -0.649. The van der Waals surface area contributed by atoms with Crippen molar-refractivity contribution >= 4 is 17.8 Å². The van der Waals surface area contributed by atoms with Crippen molar-refractivity contribution < 1.29 is 19.1 Å². The van der Waals surface area contributed by atoms with E-state index in [0.29, 0.717) is 11.6 Å². The van der Waals surface area contributed by atoms with Gasteiger partial charge in [-0.3, -0.25) is 9.59 Å². The highest BCUT2D eigenvalue weighted by atomic mass is 16.5. The van der Waals surface area contributed by atoms with E-state index >= 15 is 0 Å². The molecule has 0 fully saturated rings. The van der Waals surface area contributed by atoms with Gasteiger partial charge in [-0.1, -0.05) is 18.2 Å². The van der Waals surface area contributed by atoms with Crippen LogP contribution >= 0.6 is 0 Å². The topological polar surface area (TPSA) is 68.2 Å². The molecule has 1 unspecified atom stereocenters. The number of benzene rings is 2. The minimum absolute atomic E-state index is 0.227. The first-order valence-corrected chi connectivity index (χ1v) is 7.43. The van der Waals surface area contributed by atoms with Crippen LogP contribution in [0.3, 0.4) is 0 Å². The summed E-state index contributed by atoms with van der Waals surface area (Å²) >= 11 is 0. The highest BCUT2D eigenvalue weighted by Crippen LogP contribution is 2.31. The Morgan fingerprint density at radius 2 is 1.71 bits per heavy atom. The van der Waals surface area contributed by atoms with E-state index in [-0.39, 0.29) is 11.9 Å². The van der Waals surface area contributed by atoms with E-state index in [9.17, 15) is 9.59 Å². The van der Waals surface area contributed by atoms with Crippen LogP contribution in [0, 0.1) is 0 Å². The first-order valence-electron chi connectivity index (χ1n) is 7.43. The smallest absolute Gasteiger partial charge is 0.308 e. The van der Waals surface area contributed by atoms with Gasteiger partial charge < -0.3 is 9.47 Å². The Morgan fingerprint density at radius 1 is 1.04 bits per heavy atom. The van der Waals surface area contributed by atoms with Crippen LogP contribution in [0.15, 0.2) is 59.7 Å². The lowest BCUT2D eigenvalue weighted by Gasteiger charge is -2.19. The maximum Gasteiger partial charge on any atom is 0.308 e. The molecule has 1 aliphatic heterocycles. The van der Waals surface area contributed by atoms with Crippen molar-refractivity contribution in [1.82, 2.24) is 5.01 Å². The van der Waals surface area contributed by atoms with Gasteiger partial charge in [0.25, 0.3) is 0 Å². The Kier molecular flexibility index (Phi) is 4.29. The first kappa shape index (κ1) is 15.7. The zero-order valence-corrected chi connectivity index (χ0v) is 13.3. The Labute approximate surface area is 139 Å². The second-order valence-corrected chi connectivity index (χ2v) is 5.27. The molecule has 0 saturated carbocycles. The highest BCUT2D eigenvalue weighted by molar-refractivity contribution is 5.96. The van der Waals surface area contributed by atoms with Gasteiger partial charge in [-0.15, -0.1) is 5.10 Å². The Hall–Kier alpha value is -3.15. The summed E-state index contributed by atoms with van der Waals surface area (Å²) in [6.07, 6.45) is -0.649. The molecule has 0 aromatic heterocycles. The lowest BCUT2D eigenvalue weighted by atomic mass is 10.2. The fraction of sp³-hybridized carbons (Fsp3) is 0.167. The van der Waals surface area contributed by atoms with Crippen molar-refractivity contribution in [2.24, 2.45) is 5.10 Å². The molecule has 1 atom stereocenters. The molecule has 1 amide bonds. The van der Waals surface area contributed by atoms with Gasteiger partial charge in [0, 0.05) is 25.0 Å². The molecule has 0 spiro atoms. The van der Waals surface area contributed by atoms with Gasteiger partial charge in [0.1, 0.15) is 5.75 Å². The number of esters is 1. The molecule has 2 aromatic carbocycles. The van der Waals surface area contributed by atoms with E-state index < -0.39 is 6.23 Å². The lowest BCUT2D eigenvalue weighted by molar-refractivity contribution is -0.135. The van der Waals surface area contributed by atoms with Crippen LogP contribution in [0.2, 0.25) is 0 Å². The highest BCUT2D eigenvalue weighted by Gasteiger charge is 2.32. The van der Waals surface area contributed by atoms with E-state index in [2.05, 4.69) is 5.10 Å². The van der Waals surface area contributed by atoms with E-state index in [1.807, 2.05) is 30.3 Å². The number of rotatable bonds is 3. The summed E-state index contributed by atoms with van der Waals surface area (Å²) in [5.74, 6) is 0.206. The lowest BCUT2D eigenvalue weighted by Crippen LogP contribution is -2.25. The largest absolute Gasteiger partial charge is 0.446 e. The van der Waals surface area contributed by atoms with Crippen molar-refractivity contribution in [2.75, 3.05) is 0 Å². The van der Waals surface area contributed by atoms with Crippen LogP contribution in [0.25, 0.3) is 0 Å². The summed E-state index contributed by atoms with van der Waals surface area (Å²) in [6, 6.07) is 16.2. The summed E-state index contributed by atoms with van der Waals surface area (Å²) in [5, 5.41) is 5.57. The van der Waals surface area contributed by atoms with Gasteiger partial charge in [0.05, 0.1) is 0 Å². The fourth-order valence-electron chi connectivity index (χ4n) is 2.35. The Balaban J connectivity index is 1.85. The normalized spacial score (nSPS) is 16.3. The van der Waals surface area contributed by atoms with Crippen LogP contribution in [0.1, 0.15) is 31.2 Å². The molecule has 0 bridgehead atoms. The number of hydrogen-bond donors (Lipinski definition) is 0. The molecule has 6 nitrogen and oxygen atoms in total. The summed E-state index contributed by atoms with van der Waals surface area (Å²) in [4.78, 5) is 22.9. The van der Waals surface area contributed by atoms with Gasteiger partial charge >= 0.3 is 5.97 Å². The third kappa shape index (κ3) is 3.27. The predicted octanol–water partition coefficient (Wildman–Crippen LogP) is 2.85. The molecule has 0 N–H and O–H groups in total. The summed E-state index contributed by atoms with van der Waals surface area (Å²) in [7, 11) is 0. The molecule has 122 valence electrons. The number of amides is 1. The van der Waals surface area contributed by atoms with E-state index in [0.717, 1.165) is 11.1 Å². The second-order valence-electron chi connectivity index (χ2n) is 5.27. The Bertz CT molecular complexity index is 784. The van der Waals surface area contributed by atoms with Crippen LogP contribution in [0.5, 0.6) is 5.75 Å². The third-order valence-corrected chi connectivity index (χ3v) is 3.41. The summed E-state index contributed by atoms with van der Waals surface area (Å²) in [6.45, 7) is 2.77. The molecule has 1 aliphatic rings. The number of nitrogens with zero attached hydrogens (tertiary/aromatic N) is 2. The van der Waals surface area contributed by atoms with Crippen molar-refractivity contribution in [2.45, 2.75) is 20.1 Å². The maximum absolute atomic E-state index is 11.9. The molecular weight excluding hydrogens is 308 g/mol. The predicted molar refractivity (Wildman–Crippen MR) is 87.1 cm³/mol. The molecular formula is C18H16N2O4. The van der Waals surface area contributed by atoms with Gasteiger partial charge in [0.15, 0.2) is 0 Å². The molecule has 3 rings (SSSR count). The van der Waals surface area contributed by atoms with Crippen molar-refractivity contribution in [1.29, 1.82) is 0 Å². The van der Waals surface area contributed by atoms with Gasteiger partial charge in [-0.05, 0) is 36.4 Å². The molecule has 1 heterocycles. The molecule has 0 saturated heterocycles. The second kappa shape index (κ2) is 6.54. The van der Waals surface area contributed by atoms with E-state index in [4.69, 9.17) is 9.47 Å². The van der Waals surface area contributed by atoms with Crippen LogP contribution < -0.4 is 4.74 Å². The quantitative estimate of drug-likeness (QED) is 0.643. The molecule has 0 aliphatic carbocycles. The van der Waals surface area contributed by atoms with Gasteiger partial charge in [0.2, 0.25) is 18.0 Å². The number of ether oxygens (including phenoxy) is 2. The van der Waals surface area contributed by atoms with E-state index in [1.165, 1.54) is 18.9 Å². The van der Waals surface area contributed by atoms with E-state index in [1.54, 1.807) is 24.3 Å². The number of carbonyl (C=O) groups excluding carboxylic acids is 2. The fourth-order valence-corrected chi connectivity index (χ4v) is 2.35. The number of hydrogen-bond acceptors (Lipinski definition) is 5. The van der Waals surface area contributed by atoms with Crippen LogP contribution in [-0.4, -0.2) is 22.8 Å². The summed E-state index contributed by atoms with van der Waals surface area (Å²) < 4.78 is 10.9. The molecule has 6 heteroatoms. The average molecular weight is 324 g/mol. The molecule has 24 heavy (non-hydrogen) atoms. The summed E-state index contributed by atoms with van der Waals surface area (Å²) in [5.41, 5.74) is 1.53.